The molecule has 1 spiro atoms. The van der Waals surface area contributed by atoms with Crippen molar-refractivity contribution in [2.75, 3.05) is 7.11 Å². The molecule has 0 saturated carbocycles. The van der Waals surface area contributed by atoms with Crippen LogP contribution in [0.25, 0.3) is 0 Å². The molecule has 90 valence electrons. The normalized spacial score (nSPS) is 26.8. The average molecular weight is 232 g/mol. The van der Waals surface area contributed by atoms with Crippen LogP contribution in [0.3, 0.4) is 0 Å². The molecular formula is C14H16O3. The molecule has 0 amide bonds. The van der Waals surface area contributed by atoms with Crippen LogP contribution >= 0.6 is 0 Å². The molecule has 1 aromatic rings. The Morgan fingerprint density at radius 1 is 1.29 bits per heavy atom. The number of methoxy groups -OCH3 is 1. The highest BCUT2D eigenvalue weighted by atomic mass is 16.6. The minimum absolute atomic E-state index is 0.0688. The van der Waals surface area contributed by atoms with Gasteiger partial charge in [-0.15, -0.1) is 0 Å². The number of aryl methyl sites for hydroxylation is 1. The molecule has 1 aromatic carbocycles. The Morgan fingerprint density at radius 2 is 2.18 bits per heavy atom. The second-order valence-corrected chi connectivity index (χ2v) is 4.84. The third kappa shape index (κ3) is 1.61. The molecule has 0 bridgehead atoms. The van der Waals surface area contributed by atoms with Crippen molar-refractivity contribution >= 4 is 5.97 Å². The average Bonchev–Trinajstić information content (AvgIpc) is 2.72. The smallest absolute Gasteiger partial charge is 0.306 e. The van der Waals surface area contributed by atoms with Gasteiger partial charge in [0.1, 0.15) is 11.4 Å². The van der Waals surface area contributed by atoms with E-state index in [-0.39, 0.29) is 11.6 Å². The minimum Gasteiger partial charge on any atom is -0.497 e. The molecule has 1 fully saturated rings. The van der Waals surface area contributed by atoms with Gasteiger partial charge in [0.05, 0.1) is 7.11 Å². The zero-order chi connectivity index (χ0) is 11.9. The van der Waals surface area contributed by atoms with Gasteiger partial charge >= 0.3 is 5.97 Å². The summed E-state index contributed by atoms with van der Waals surface area (Å²) in [6.07, 6.45) is 4.45. The highest BCUT2D eigenvalue weighted by Gasteiger charge is 2.44. The fraction of sp³-hybridized carbons (Fsp3) is 0.500. The van der Waals surface area contributed by atoms with Crippen LogP contribution in [0.1, 0.15) is 36.8 Å². The Labute approximate surface area is 101 Å². The zero-order valence-electron chi connectivity index (χ0n) is 9.99. The topological polar surface area (TPSA) is 35.5 Å². The predicted molar refractivity (Wildman–Crippen MR) is 62.9 cm³/mol. The number of benzene rings is 1. The Kier molecular flexibility index (Phi) is 2.35. The van der Waals surface area contributed by atoms with Crippen molar-refractivity contribution in [1.29, 1.82) is 0 Å². The molecule has 1 atom stereocenters. The molecule has 2 aliphatic rings. The molecule has 0 radical (unpaired) electrons. The molecule has 17 heavy (non-hydrogen) atoms. The van der Waals surface area contributed by atoms with Crippen LogP contribution in [0.4, 0.5) is 0 Å². The summed E-state index contributed by atoms with van der Waals surface area (Å²) in [6, 6.07) is 6.11. The van der Waals surface area contributed by atoms with Gasteiger partial charge in [0.25, 0.3) is 0 Å². The standard InChI is InChI=1S/C14H16O3/c1-16-11-5-4-10-3-2-7-14(12(10)9-11)8-6-13(15)17-14/h4-5,9H,2-3,6-8H2,1H3. The maximum atomic E-state index is 11.4. The Bertz CT molecular complexity index is 467. The highest BCUT2D eigenvalue weighted by Crippen LogP contribution is 2.46. The van der Waals surface area contributed by atoms with E-state index in [9.17, 15) is 4.79 Å². The van der Waals surface area contributed by atoms with E-state index >= 15 is 0 Å². The first-order valence-corrected chi connectivity index (χ1v) is 6.13. The van der Waals surface area contributed by atoms with Crippen LogP contribution in [-0.2, 0) is 21.6 Å². The fourth-order valence-electron chi connectivity index (χ4n) is 3.01. The Hall–Kier alpha value is -1.51. The number of hydrogen-bond donors (Lipinski definition) is 0. The lowest BCUT2D eigenvalue weighted by Gasteiger charge is -2.34. The first kappa shape index (κ1) is 10.6. The number of carbonyl (C=O) groups is 1. The SMILES string of the molecule is COc1ccc2c(c1)C1(CCC2)CCC(=O)O1. The number of fused-ring (bicyclic) bond motifs is 2. The van der Waals surface area contributed by atoms with Gasteiger partial charge in [0, 0.05) is 18.4 Å². The van der Waals surface area contributed by atoms with E-state index in [0.717, 1.165) is 37.0 Å². The summed E-state index contributed by atoms with van der Waals surface area (Å²) in [5.74, 6) is 0.772. The third-order valence-electron chi connectivity index (χ3n) is 3.88. The zero-order valence-corrected chi connectivity index (χ0v) is 9.99. The summed E-state index contributed by atoms with van der Waals surface area (Å²) in [6.45, 7) is 0. The van der Waals surface area contributed by atoms with E-state index in [0.29, 0.717) is 6.42 Å². The maximum Gasteiger partial charge on any atom is 0.306 e. The Balaban J connectivity index is 2.08. The molecule has 1 aliphatic heterocycles. The lowest BCUT2D eigenvalue weighted by molar-refractivity contribution is -0.150. The van der Waals surface area contributed by atoms with Crippen LogP contribution in [0.15, 0.2) is 18.2 Å². The summed E-state index contributed by atoms with van der Waals surface area (Å²) in [5.41, 5.74) is 2.10. The number of rotatable bonds is 1. The van der Waals surface area contributed by atoms with Gasteiger partial charge in [-0.1, -0.05) is 6.07 Å². The summed E-state index contributed by atoms with van der Waals surface area (Å²) >= 11 is 0. The van der Waals surface area contributed by atoms with Crippen LogP contribution < -0.4 is 4.74 Å². The Morgan fingerprint density at radius 3 is 2.88 bits per heavy atom. The molecule has 1 heterocycles. The summed E-state index contributed by atoms with van der Waals surface area (Å²) in [5, 5.41) is 0. The lowest BCUT2D eigenvalue weighted by Crippen LogP contribution is -2.30. The quantitative estimate of drug-likeness (QED) is 0.698. The van der Waals surface area contributed by atoms with Crippen LogP contribution in [0.2, 0.25) is 0 Å². The van der Waals surface area contributed by atoms with Crippen molar-refractivity contribution in [3.8, 4) is 5.75 Å². The van der Waals surface area contributed by atoms with Gasteiger partial charge in [0.2, 0.25) is 0 Å². The summed E-state index contributed by atoms with van der Waals surface area (Å²) < 4.78 is 10.9. The molecule has 0 N–H and O–H groups in total. The number of ether oxygens (including phenoxy) is 2. The van der Waals surface area contributed by atoms with E-state index in [1.807, 2.05) is 12.1 Å². The lowest BCUT2D eigenvalue weighted by atomic mass is 9.77. The van der Waals surface area contributed by atoms with Gasteiger partial charge in [-0.3, -0.25) is 4.79 Å². The van der Waals surface area contributed by atoms with Gasteiger partial charge in [0.15, 0.2) is 0 Å². The van der Waals surface area contributed by atoms with Crippen molar-refractivity contribution in [3.63, 3.8) is 0 Å². The molecule has 1 unspecified atom stereocenters. The van der Waals surface area contributed by atoms with E-state index in [4.69, 9.17) is 9.47 Å². The molecule has 1 saturated heterocycles. The molecular weight excluding hydrogens is 216 g/mol. The number of hydrogen-bond acceptors (Lipinski definition) is 3. The summed E-state index contributed by atoms with van der Waals surface area (Å²) in [7, 11) is 1.66. The minimum atomic E-state index is -0.362. The van der Waals surface area contributed by atoms with Crippen molar-refractivity contribution in [2.45, 2.75) is 37.7 Å². The monoisotopic (exact) mass is 232 g/mol. The van der Waals surface area contributed by atoms with Crippen LogP contribution in [0, 0.1) is 0 Å². The van der Waals surface area contributed by atoms with Gasteiger partial charge in [-0.2, -0.15) is 0 Å². The number of carbonyl (C=O) groups excluding carboxylic acids is 1. The van der Waals surface area contributed by atoms with Crippen molar-refractivity contribution in [2.24, 2.45) is 0 Å². The maximum absolute atomic E-state index is 11.4. The highest BCUT2D eigenvalue weighted by molar-refractivity contribution is 5.73. The van der Waals surface area contributed by atoms with Gasteiger partial charge < -0.3 is 9.47 Å². The second-order valence-electron chi connectivity index (χ2n) is 4.84. The first-order valence-electron chi connectivity index (χ1n) is 6.13. The molecule has 3 nitrogen and oxygen atoms in total. The van der Waals surface area contributed by atoms with Crippen molar-refractivity contribution < 1.29 is 14.3 Å². The van der Waals surface area contributed by atoms with E-state index < -0.39 is 0 Å². The van der Waals surface area contributed by atoms with Crippen LogP contribution in [-0.4, -0.2) is 13.1 Å². The van der Waals surface area contributed by atoms with Gasteiger partial charge in [-0.25, -0.2) is 0 Å². The van der Waals surface area contributed by atoms with Crippen molar-refractivity contribution in [3.05, 3.63) is 29.3 Å². The fourth-order valence-corrected chi connectivity index (χ4v) is 3.01. The number of esters is 1. The largest absolute Gasteiger partial charge is 0.497 e. The van der Waals surface area contributed by atoms with Gasteiger partial charge in [-0.05, 0) is 37.0 Å². The summed E-state index contributed by atoms with van der Waals surface area (Å²) in [4.78, 5) is 11.4. The van der Waals surface area contributed by atoms with Crippen LogP contribution in [0.5, 0.6) is 5.75 Å². The first-order chi connectivity index (χ1) is 8.23. The van der Waals surface area contributed by atoms with E-state index in [1.54, 1.807) is 7.11 Å². The second kappa shape index (κ2) is 3.76. The molecule has 1 aliphatic carbocycles. The van der Waals surface area contributed by atoms with E-state index in [2.05, 4.69) is 6.07 Å². The molecule has 3 rings (SSSR count). The molecule has 0 aromatic heterocycles. The predicted octanol–water partition coefficient (Wildman–Crippen LogP) is 2.56. The third-order valence-corrected chi connectivity index (χ3v) is 3.88. The van der Waals surface area contributed by atoms with Crippen molar-refractivity contribution in [1.82, 2.24) is 0 Å². The molecule has 3 heteroatoms. The van der Waals surface area contributed by atoms with E-state index in [1.165, 1.54) is 5.56 Å².